The number of hydrogen-bond acceptors (Lipinski definition) is 8. The molecule has 35 heavy (non-hydrogen) atoms. The van der Waals surface area contributed by atoms with Crippen molar-refractivity contribution in [2.75, 3.05) is 5.32 Å². The molecule has 0 aliphatic heterocycles. The highest BCUT2D eigenvalue weighted by molar-refractivity contribution is 6.00. The summed E-state index contributed by atoms with van der Waals surface area (Å²) in [4.78, 5) is 33.1. The predicted octanol–water partition coefficient (Wildman–Crippen LogP) is 2.76. The SMILES string of the molecule is CC1(Nc2cc(-c3cnc4cc(C#N)cnn34)ncc2C(=O)NC2CCC(OC(N)=O)CC2)CC1. The predicted molar refractivity (Wildman–Crippen MR) is 126 cm³/mol. The molecule has 5 rings (SSSR count). The number of aromatic nitrogens is 4. The zero-order chi connectivity index (χ0) is 24.6. The van der Waals surface area contributed by atoms with Crippen molar-refractivity contribution in [2.24, 2.45) is 5.73 Å². The highest BCUT2D eigenvalue weighted by Crippen LogP contribution is 2.39. The normalized spacial score (nSPS) is 20.6. The van der Waals surface area contributed by atoms with Crippen molar-refractivity contribution in [1.29, 1.82) is 5.26 Å². The number of carbonyl (C=O) groups is 2. The lowest BCUT2D eigenvalue weighted by Crippen LogP contribution is -2.40. The third-order valence-corrected chi connectivity index (χ3v) is 6.63. The number of fused-ring (bicyclic) bond motifs is 1. The lowest BCUT2D eigenvalue weighted by Gasteiger charge is -2.28. The van der Waals surface area contributed by atoms with Crippen molar-refractivity contribution in [2.45, 2.75) is 63.1 Å². The van der Waals surface area contributed by atoms with Crippen LogP contribution in [0.25, 0.3) is 17.0 Å². The van der Waals surface area contributed by atoms with Gasteiger partial charge in [-0.25, -0.2) is 14.3 Å². The molecule has 2 fully saturated rings. The first-order valence-electron chi connectivity index (χ1n) is 11.6. The van der Waals surface area contributed by atoms with E-state index in [1.165, 1.54) is 6.20 Å². The largest absolute Gasteiger partial charge is 0.446 e. The van der Waals surface area contributed by atoms with E-state index in [2.05, 4.69) is 38.7 Å². The molecule has 4 N–H and O–H groups in total. The number of pyridine rings is 1. The Labute approximate surface area is 201 Å². The molecule has 0 bridgehead atoms. The Morgan fingerprint density at radius 2 is 1.94 bits per heavy atom. The van der Waals surface area contributed by atoms with Crippen molar-refractivity contribution >= 4 is 23.3 Å². The number of carbonyl (C=O) groups excluding carboxylic acids is 2. The highest BCUT2D eigenvalue weighted by Gasteiger charge is 2.38. The van der Waals surface area contributed by atoms with E-state index in [9.17, 15) is 9.59 Å². The van der Waals surface area contributed by atoms with Crippen molar-refractivity contribution in [3.05, 3.63) is 41.9 Å². The zero-order valence-corrected chi connectivity index (χ0v) is 19.3. The summed E-state index contributed by atoms with van der Waals surface area (Å²) in [5.41, 5.74) is 8.45. The molecule has 3 heterocycles. The molecule has 0 radical (unpaired) electrons. The Bertz CT molecular complexity index is 1330. The summed E-state index contributed by atoms with van der Waals surface area (Å²) in [5, 5.41) is 20.0. The number of nitrogens with zero attached hydrogens (tertiary/aromatic N) is 5. The van der Waals surface area contributed by atoms with Gasteiger partial charge in [-0.1, -0.05) is 0 Å². The fourth-order valence-electron chi connectivity index (χ4n) is 4.38. The smallest absolute Gasteiger partial charge is 0.404 e. The van der Waals surface area contributed by atoms with Crippen LogP contribution in [0.15, 0.2) is 30.7 Å². The fourth-order valence-corrected chi connectivity index (χ4v) is 4.38. The number of anilines is 1. The van der Waals surface area contributed by atoms with E-state index in [0.29, 0.717) is 59.5 Å². The molecule has 3 aromatic rings. The third-order valence-electron chi connectivity index (χ3n) is 6.63. The van der Waals surface area contributed by atoms with Gasteiger partial charge in [0.1, 0.15) is 17.9 Å². The number of amides is 2. The van der Waals surface area contributed by atoms with Crippen LogP contribution in [-0.2, 0) is 4.74 Å². The maximum atomic E-state index is 13.2. The van der Waals surface area contributed by atoms with Gasteiger partial charge in [0.25, 0.3) is 5.91 Å². The summed E-state index contributed by atoms with van der Waals surface area (Å²) in [6, 6.07) is 5.55. The average molecular weight is 475 g/mol. The second-order valence-electron chi connectivity index (χ2n) is 9.45. The first-order valence-corrected chi connectivity index (χ1v) is 11.6. The molecule has 2 aliphatic carbocycles. The minimum Gasteiger partial charge on any atom is -0.446 e. The van der Waals surface area contributed by atoms with Gasteiger partial charge in [0.15, 0.2) is 5.65 Å². The maximum Gasteiger partial charge on any atom is 0.404 e. The Hall–Kier alpha value is -4.20. The first kappa shape index (κ1) is 22.6. The monoisotopic (exact) mass is 474 g/mol. The molecule has 180 valence electrons. The number of nitrogens with two attached hydrogens (primary N) is 1. The summed E-state index contributed by atoms with van der Waals surface area (Å²) in [7, 11) is 0. The van der Waals surface area contributed by atoms with Gasteiger partial charge in [-0.2, -0.15) is 10.4 Å². The van der Waals surface area contributed by atoms with E-state index < -0.39 is 6.09 Å². The number of imidazole rings is 1. The van der Waals surface area contributed by atoms with E-state index >= 15 is 0 Å². The van der Waals surface area contributed by atoms with Gasteiger partial charge < -0.3 is 21.1 Å². The first-order chi connectivity index (χ1) is 16.8. The number of primary amides is 1. The van der Waals surface area contributed by atoms with Gasteiger partial charge >= 0.3 is 6.09 Å². The molecule has 0 saturated heterocycles. The van der Waals surface area contributed by atoms with Crippen LogP contribution >= 0.6 is 0 Å². The van der Waals surface area contributed by atoms with Crippen LogP contribution < -0.4 is 16.4 Å². The van der Waals surface area contributed by atoms with Gasteiger partial charge in [-0.05, 0) is 51.5 Å². The second kappa shape index (κ2) is 8.87. The maximum absolute atomic E-state index is 13.2. The summed E-state index contributed by atoms with van der Waals surface area (Å²) >= 11 is 0. The topological polar surface area (TPSA) is 160 Å². The van der Waals surface area contributed by atoms with Crippen molar-refractivity contribution in [1.82, 2.24) is 24.9 Å². The molecule has 0 aromatic carbocycles. The van der Waals surface area contributed by atoms with Gasteiger partial charge in [0.05, 0.1) is 34.9 Å². The minimum atomic E-state index is -0.764. The van der Waals surface area contributed by atoms with Crippen molar-refractivity contribution in [3.8, 4) is 17.5 Å². The quantitative estimate of drug-likeness (QED) is 0.491. The van der Waals surface area contributed by atoms with Crippen LogP contribution in [0, 0.1) is 11.3 Å². The molecule has 0 spiro atoms. The van der Waals surface area contributed by atoms with E-state index in [4.69, 9.17) is 15.7 Å². The highest BCUT2D eigenvalue weighted by atomic mass is 16.6. The number of nitriles is 1. The minimum absolute atomic E-state index is 0.0171. The zero-order valence-electron chi connectivity index (χ0n) is 19.3. The average Bonchev–Trinajstić information content (AvgIpc) is 3.41. The van der Waals surface area contributed by atoms with Crippen LogP contribution in [-0.4, -0.2) is 49.3 Å². The van der Waals surface area contributed by atoms with Gasteiger partial charge in [-0.3, -0.25) is 9.78 Å². The molecule has 0 unspecified atom stereocenters. The van der Waals surface area contributed by atoms with Gasteiger partial charge in [0.2, 0.25) is 0 Å². The Kier molecular flexibility index (Phi) is 5.72. The summed E-state index contributed by atoms with van der Waals surface area (Å²) in [5.74, 6) is -0.204. The Morgan fingerprint density at radius 1 is 1.17 bits per heavy atom. The lowest BCUT2D eigenvalue weighted by atomic mass is 9.92. The van der Waals surface area contributed by atoms with E-state index in [1.807, 2.05) is 6.07 Å². The van der Waals surface area contributed by atoms with E-state index in [-0.39, 0.29) is 23.6 Å². The van der Waals surface area contributed by atoms with Crippen LogP contribution in [0.2, 0.25) is 0 Å². The van der Waals surface area contributed by atoms with Crippen LogP contribution in [0.3, 0.4) is 0 Å². The molecule has 3 aromatic heterocycles. The molecule has 2 aliphatic rings. The van der Waals surface area contributed by atoms with E-state index in [0.717, 1.165) is 12.8 Å². The molecular formula is C24H26N8O3. The lowest BCUT2D eigenvalue weighted by molar-refractivity contribution is 0.0711. The second-order valence-corrected chi connectivity index (χ2v) is 9.45. The molecule has 2 amide bonds. The summed E-state index contributed by atoms with van der Waals surface area (Å²) in [6.07, 6.45) is 8.50. The standard InChI is InChI=1S/C24H26N8O3/c1-24(6-7-24)31-18-9-19(20-13-28-21-8-14(10-25)11-29-32(20)21)27-12-17(18)22(33)30-15-2-4-16(5-3-15)35-23(26)34/h8-9,11-13,15-16H,2-7H2,1H3,(H2,26,34)(H,27,31)(H,30,33). The van der Waals surface area contributed by atoms with Crippen molar-refractivity contribution < 1.29 is 14.3 Å². The van der Waals surface area contributed by atoms with Crippen LogP contribution in [0.1, 0.15) is 61.4 Å². The molecule has 11 nitrogen and oxygen atoms in total. The Morgan fingerprint density at radius 3 is 2.63 bits per heavy atom. The Balaban J connectivity index is 1.38. The number of hydrogen-bond donors (Lipinski definition) is 3. The summed E-state index contributed by atoms with van der Waals surface area (Å²) in [6.45, 7) is 2.12. The molecule has 0 atom stereocenters. The molecule has 11 heteroatoms. The van der Waals surface area contributed by atoms with Crippen LogP contribution in [0.4, 0.5) is 10.5 Å². The third kappa shape index (κ3) is 4.87. The van der Waals surface area contributed by atoms with E-state index in [1.54, 1.807) is 23.0 Å². The molecular weight excluding hydrogens is 448 g/mol. The van der Waals surface area contributed by atoms with Gasteiger partial charge in [0, 0.05) is 23.8 Å². The number of nitrogens with one attached hydrogen (secondary N) is 2. The summed E-state index contributed by atoms with van der Waals surface area (Å²) < 4.78 is 6.70. The van der Waals surface area contributed by atoms with Crippen molar-refractivity contribution in [3.63, 3.8) is 0 Å². The fraction of sp³-hybridized carbons (Fsp3) is 0.417. The number of ether oxygens (including phenoxy) is 1. The van der Waals surface area contributed by atoms with Gasteiger partial charge in [-0.15, -0.1) is 0 Å². The van der Waals surface area contributed by atoms with Crippen LogP contribution in [0.5, 0.6) is 0 Å². The number of rotatable bonds is 6. The molecule has 2 saturated carbocycles.